The lowest BCUT2D eigenvalue weighted by Crippen LogP contribution is -2.15. The highest BCUT2D eigenvalue weighted by molar-refractivity contribution is 5.16. The van der Waals surface area contributed by atoms with Gasteiger partial charge < -0.3 is 10.8 Å². The Labute approximate surface area is 77.2 Å². The fraction of sp³-hybridized carbons (Fsp3) is 0.400. The highest BCUT2D eigenvalue weighted by Crippen LogP contribution is 2.06. The number of aliphatic hydroxyl groups is 1. The molecule has 0 saturated carbocycles. The molecule has 1 aromatic rings. The SMILES string of the molecule is NCCC(O)Cc1ccc(F)cc1. The number of aliphatic hydroxyl groups excluding tert-OH is 1. The van der Waals surface area contributed by atoms with E-state index < -0.39 is 6.10 Å². The number of rotatable bonds is 4. The van der Waals surface area contributed by atoms with Crippen molar-refractivity contribution in [1.29, 1.82) is 0 Å². The van der Waals surface area contributed by atoms with Gasteiger partial charge in [0.05, 0.1) is 6.10 Å². The van der Waals surface area contributed by atoms with Crippen LogP contribution in [0.4, 0.5) is 4.39 Å². The third-order valence-corrected chi connectivity index (χ3v) is 1.88. The molecule has 2 nitrogen and oxygen atoms in total. The molecule has 0 aliphatic carbocycles. The molecule has 72 valence electrons. The van der Waals surface area contributed by atoms with Gasteiger partial charge >= 0.3 is 0 Å². The highest BCUT2D eigenvalue weighted by Gasteiger charge is 2.03. The highest BCUT2D eigenvalue weighted by atomic mass is 19.1. The van der Waals surface area contributed by atoms with E-state index in [2.05, 4.69) is 0 Å². The average molecular weight is 183 g/mol. The zero-order chi connectivity index (χ0) is 9.68. The van der Waals surface area contributed by atoms with Gasteiger partial charge in [-0.3, -0.25) is 0 Å². The molecule has 0 aromatic heterocycles. The van der Waals surface area contributed by atoms with Crippen molar-refractivity contribution in [2.24, 2.45) is 5.73 Å². The Morgan fingerprint density at radius 1 is 1.31 bits per heavy atom. The molecule has 0 amide bonds. The maximum atomic E-state index is 12.5. The van der Waals surface area contributed by atoms with Crippen LogP contribution in [-0.4, -0.2) is 17.8 Å². The van der Waals surface area contributed by atoms with E-state index in [9.17, 15) is 9.50 Å². The zero-order valence-corrected chi connectivity index (χ0v) is 7.41. The van der Waals surface area contributed by atoms with Crippen LogP contribution in [0, 0.1) is 5.82 Å². The van der Waals surface area contributed by atoms with Gasteiger partial charge in [-0.05, 0) is 37.1 Å². The van der Waals surface area contributed by atoms with Gasteiger partial charge in [0.25, 0.3) is 0 Å². The van der Waals surface area contributed by atoms with E-state index in [1.165, 1.54) is 12.1 Å². The van der Waals surface area contributed by atoms with E-state index in [0.29, 0.717) is 19.4 Å². The Morgan fingerprint density at radius 3 is 2.46 bits per heavy atom. The number of hydrogen-bond donors (Lipinski definition) is 2. The minimum atomic E-state index is -0.421. The summed E-state index contributed by atoms with van der Waals surface area (Å²) in [5.41, 5.74) is 6.22. The quantitative estimate of drug-likeness (QED) is 0.733. The first kappa shape index (κ1) is 10.2. The van der Waals surface area contributed by atoms with Crippen LogP contribution >= 0.6 is 0 Å². The molecule has 0 radical (unpaired) electrons. The number of nitrogens with two attached hydrogens (primary N) is 1. The summed E-state index contributed by atoms with van der Waals surface area (Å²) in [6, 6.07) is 6.14. The summed E-state index contributed by atoms with van der Waals surface area (Å²) < 4.78 is 12.5. The summed E-state index contributed by atoms with van der Waals surface area (Å²) in [6.45, 7) is 0.475. The van der Waals surface area contributed by atoms with Crippen molar-refractivity contribution in [3.63, 3.8) is 0 Å². The summed E-state index contributed by atoms with van der Waals surface area (Å²) in [5, 5.41) is 9.40. The third-order valence-electron chi connectivity index (χ3n) is 1.88. The monoisotopic (exact) mass is 183 g/mol. The van der Waals surface area contributed by atoms with E-state index in [1.54, 1.807) is 12.1 Å². The zero-order valence-electron chi connectivity index (χ0n) is 7.41. The molecule has 3 heteroatoms. The fourth-order valence-corrected chi connectivity index (χ4v) is 1.19. The van der Waals surface area contributed by atoms with Crippen LogP contribution in [0.3, 0.4) is 0 Å². The lowest BCUT2D eigenvalue weighted by molar-refractivity contribution is 0.167. The largest absolute Gasteiger partial charge is 0.393 e. The normalized spacial score (nSPS) is 12.8. The van der Waals surface area contributed by atoms with Crippen molar-refractivity contribution in [2.45, 2.75) is 18.9 Å². The topological polar surface area (TPSA) is 46.2 Å². The summed E-state index contributed by atoms with van der Waals surface area (Å²) in [7, 11) is 0. The van der Waals surface area contributed by atoms with Crippen molar-refractivity contribution >= 4 is 0 Å². The van der Waals surface area contributed by atoms with Crippen LogP contribution in [0.5, 0.6) is 0 Å². The number of halogens is 1. The van der Waals surface area contributed by atoms with Gasteiger partial charge in [-0.1, -0.05) is 12.1 Å². The van der Waals surface area contributed by atoms with E-state index in [1.807, 2.05) is 0 Å². The standard InChI is InChI=1S/C10H14FNO/c11-9-3-1-8(2-4-9)7-10(13)5-6-12/h1-4,10,13H,5-7,12H2. The molecule has 0 fully saturated rings. The molecular weight excluding hydrogens is 169 g/mol. The molecule has 1 atom stereocenters. The molecule has 0 aliphatic rings. The van der Waals surface area contributed by atoms with E-state index >= 15 is 0 Å². The Hall–Kier alpha value is -0.930. The molecule has 0 bridgehead atoms. The predicted octanol–water partition coefficient (Wildman–Crippen LogP) is 1.08. The second kappa shape index (κ2) is 4.94. The van der Waals surface area contributed by atoms with Crippen molar-refractivity contribution in [2.75, 3.05) is 6.54 Å². The number of benzene rings is 1. The molecule has 0 heterocycles. The minimum absolute atomic E-state index is 0.253. The van der Waals surface area contributed by atoms with Gasteiger partial charge in [-0.15, -0.1) is 0 Å². The molecule has 1 unspecified atom stereocenters. The molecule has 1 aromatic carbocycles. The van der Waals surface area contributed by atoms with Crippen molar-refractivity contribution in [3.8, 4) is 0 Å². The molecule has 3 N–H and O–H groups in total. The Balaban J connectivity index is 2.49. The Bertz CT molecular complexity index is 248. The molecule has 13 heavy (non-hydrogen) atoms. The molecule has 1 rings (SSSR count). The summed E-state index contributed by atoms with van der Waals surface area (Å²) in [5.74, 6) is -0.253. The molecule has 0 aliphatic heterocycles. The molecular formula is C10H14FNO. The lowest BCUT2D eigenvalue weighted by Gasteiger charge is -2.08. The average Bonchev–Trinajstić information content (AvgIpc) is 2.09. The van der Waals surface area contributed by atoms with Crippen LogP contribution in [0.15, 0.2) is 24.3 Å². The minimum Gasteiger partial charge on any atom is -0.393 e. The van der Waals surface area contributed by atoms with Gasteiger partial charge in [-0.25, -0.2) is 4.39 Å². The number of hydrogen-bond acceptors (Lipinski definition) is 2. The summed E-state index contributed by atoms with van der Waals surface area (Å²) in [4.78, 5) is 0. The van der Waals surface area contributed by atoms with Crippen LogP contribution in [0.2, 0.25) is 0 Å². The predicted molar refractivity (Wildman–Crippen MR) is 49.8 cm³/mol. The maximum absolute atomic E-state index is 12.5. The summed E-state index contributed by atoms with van der Waals surface area (Å²) >= 11 is 0. The van der Waals surface area contributed by atoms with Gasteiger partial charge in [0.15, 0.2) is 0 Å². The Kier molecular flexibility index (Phi) is 3.86. The van der Waals surface area contributed by atoms with E-state index in [-0.39, 0.29) is 5.82 Å². The summed E-state index contributed by atoms with van der Waals surface area (Å²) in [6.07, 6.45) is 0.699. The molecule has 0 spiro atoms. The second-order valence-electron chi connectivity index (χ2n) is 3.06. The maximum Gasteiger partial charge on any atom is 0.123 e. The van der Waals surface area contributed by atoms with Crippen molar-refractivity contribution in [1.82, 2.24) is 0 Å². The third kappa shape index (κ3) is 3.53. The van der Waals surface area contributed by atoms with Gasteiger partial charge in [0, 0.05) is 0 Å². The van der Waals surface area contributed by atoms with Crippen molar-refractivity contribution < 1.29 is 9.50 Å². The van der Waals surface area contributed by atoms with Gasteiger partial charge in [0.1, 0.15) is 5.82 Å². The van der Waals surface area contributed by atoms with Gasteiger partial charge in [-0.2, -0.15) is 0 Å². The smallest absolute Gasteiger partial charge is 0.123 e. The first-order chi connectivity index (χ1) is 6.22. The van der Waals surface area contributed by atoms with E-state index in [4.69, 9.17) is 5.73 Å². The second-order valence-corrected chi connectivity index (χ2v) is 3.06. The van der Waals surface area contributed by atoms with Crippen LogP contribution in [-0.2, 0) is 6.42 Å². The van der Waals surface area contributed by atoms with Crippen LogP contribution in [0.25, 0.3) is 0 Å². The first-order valence-corrected chi connectivity index (χ1v) is 4.35. The van der Waals surface area contributed by atoms with E-state index in [0.717, 1.165) is 5.56 Å². The Morgan fingerprint density at radius 2 is 1.92 bits per heavy atom. The first-order valence-electron chi connectivity index (χ1n) is 4.35. The fourth-order valence-electron chi connectivity index (χ4n) is 1.19. The van der Waals surface area contributed by atoms with Crippen LogP contribution < -0.4 is 5.73 Å². The van der Waals surface area contributed by atoms with Crippen molar-refractivity contribution in [3.05, 3.63) is 35.6 Å². The lowest BCUT2D eigenvalue weighted by atomic mass is 10.1. The van der Waals surface area contributed by atoms with Crippen LogP contribution in [0.1, 0.15) is 12.0 Å². The molecule has 0 saturated heterocycles. The van der Waals surface area contributed by atoms with Gasteiger partial charge in [0.2, 0.25) is 0 Å².